The van der Waals surface area contributed by atoms with Gasteiger partial charge >= 0.3 is 0 Å². The summed E-state index contributed by atoms with van der Waals surface area (Å²) in [5.41, 5.74) is 2.93. The van der Waals surface area contributed by atoms with Crippen molar-refractivity contribution in [3.63, 3.8) is 0 Å². The maximum atomic E-state index is 6.38. The van der Waals surface area contributed by atoms with Crippen LogP contribution in [0.2, 0.25) is 5.02 Å². The van der Waals surface area contributed by atoms with Gasteiger partial charge < -0.3 is 0 Å². The number of likely N-dealkylation sites (tertiary alicyclic amines) is 1. The molecule has 1 aromatic rings. The summed E-state index contributed by atoms with van der Waals surface area (Å²) in [4.78, 5) is 2.61. The number of halogens is 1. The third-order valence-corrected chi connectivity index (χ3v) is 5.86. The summed E-state index contributed by atoms with van der Waals surface area (Å²) < 4.78 is 0. The van der Waals surface area contributed by atoms with Crippen LogP contribution in [0.5, 0.6) is 0 Å². The lowest BCUT2D eigenvalue weighted by Gasteiger charge is -2.37. The number of thioether (sulfide) groups is 1. The number of fused-ring (bicyclic) bond motifs is 1. The Morgan fingerprint density at radius 3 is 3.05 bits per heavy atom. The second-order valence-electron chi connectivity index (χ2n) is 5.31. The molecule has 1 fully saturated rings. The molecule has 0 aliphatic carbocycles. The molecule has 0 bridgehead atoms. The van der Waals surface area contributed by atoms with Gasteiger partial charge in [-0.3, -0.25) is 4.90 Å². The molecule has 1 nitrogen and oxygen atoms in total. The van der Waals surface area contributed by atoms with E-state index in [1.165, 1.54) is 24.3 Å². The van der Waals surface area contributed by atoms with Gasteiger partial charge in [-0.15, -0.1) is 11.8 Å². The number of hydrogen-bond donors (Lipinski definition) is 0. The van der Waals surface area contributed by atoms with Gasteiger partial charge in [-0.2, -0.15) is 0 Å². The summed E-state index contributed by atoms with van der Waals surface area (Å²) in [5.74, 6) is 1.21. The smallest absolute Gasteiger partial charge is 0.0453 e. The second-order valence-corrected chi connectivity index (χ2v) is 6.95. The van der Waals surface area contributed by atoms with Gasteiger partial charge in [-0.05, 0) is 30.0 Å². The van der Waals surface area contributed by atoms with Crippen molar-refractivity contribution >= 4 is 23.4 Å². The number of benzene rings is 1. The molecule has 2 atom stereocenters. The van der Waals surface area contributed by atoms with Crippen molar-refractivity contribution in [1.29, 1.82) is 0 Å². The number of piperidine rings is 1. The third-order valence-electron chi connectivity index (χ3n) is 4.21. The van der Waals surface area contributed by atoms with Gasteiger partial charge in [0.1, 0.15) is 0 Å². The maximum Gasteiger partial charge on any atom is 0.0453 e. The molecule has 2 aliphatic heterocycles. The molecule has 19 heavy (non-hydrogen) atoms. The molecule has 0 amide bonds. The SMILES string of the molecule is CCC(c1ccccc1Cl)N1CCC2SCC=C2C1. The molecular weight excluding hydrogens is 274 g/mol. The molecule has 102 valence electrons. The van der Waals surface area contributed by atoms with Gasteiger partial charge in [-0.1, -0.05) is 42.8 Å². The highest BCUT2D eigenvalue weighted by Gasteiger charge is 2.31. The van der Waals surface area contributed by atoms with Gasteiger partial charge in [0.05, 0.1) is 0 Å². The van der Waals surface area contributed by atoms with Gasteiger partial charge in [0.15, 0.2) is 0 Å². The van der Waals surface area contributed by atoms with E-state index < -0.39 is 0 Å². The number of rotatable bonds is 3. The number of nitrogens with zero attached hydrogens (tertiary/aromatic N) is 1. The molecule has 2 aliphatic rings. The minimum absolute atomic E-state index is 0.459. The van der Waals surface area contributed by atoms with E-state index in [2.05, 4.69) is 41.8 Å². The third kappa shape index (κ3) is 2.72. The van der Waals surface area contributed by atoms with Crippen molar-refractivity contribution in [3.05, 3.63) is 46.5 Å². The first-order valence-electron chi connectivity index (χ1n) is 7.08. The van der Waals surface area contributed by atoms with Gasteiger partial charge in [0.25, 0.3) is 0 Å². The van der Waals surface area contributed by atoms with Crippen LogP contribution in [0, 0.1) is 0 Å². The molecule has 0 spiro atoms. The van der Waals surface area contributed by atoms with Crippen molar-refractivity contribution in [1.82, 2.24) is 4.90 Å². The van der Waals surface area contributed by atoms with Crippen LogP contribution in [0.3, 0.4) is 0 Å². The summed E-state index contributed by atoms with van der Waals surface area (Å²) >= 11 is 8.48. The summed E-state index contributed by atoms with van der Waals surface area (Å²) in [6.07, 6.45) is 4.84. The fraction of sp³-hybridized carbons (Fsp3) is 0.500. The Morgan fingerprint density at radius 2 is 2.26 bits per heavy atom. The number of hydrogen-bond acceptors (Lipinski definition) is 2. The van der Waals surface area contributed by atoms with E-state index in [1.54, 1.807) is 5.57 Å². The van der Waals surface area contributed by atoms with Crippen molar-refractivity contribution < 1.29 is 0 Å². The van der Waals surface area contributed by atoms with E-state index in [9.17, 15) is 0 Å². The zero-order chi connectivity index (χ0) is 13.2. The van der Waals surface area contributed by atoms with E-state index in [4.69, 9.17) is 11.6 Å². The first-order chi connectivity index (χ1) is 9.29. The van der Waals surface area contributed by atoms with Crippen molar-refractivity contribution in [2.45, 2.75) is 31.1 Å². The average molecular weight is 294 g/mol. The van der Waals surface area contributed by atoms with Crippen molar-refractivity contribution in [2.24, 2.45) is 0 Å². The quantitative estimate of drug-likeness (QED) is 0.753. The Morgan fingerprint density at radius 1 is 1.42 bits per heavy atom. The highest BCUT2D eigenvalue weighted by Crippen LogP contribution is 2.38. The van der Waals surface area contributed by atoms with E-state index in [-0.39, 0.29) is 0 Å². The summed E-state index contributed by atoms with van der Waals surface area (Å²) in [6.45, 7) is 4.58. The molecule has 2 heterocycles. The Hall–Kier alpha value is -0.440. The minimum atomic E-state index is 0.459. The Kier molecular flexibility index (Phi) is 4.21. The Balaban J connectivity index is 1.81. The molecule has 1 aromatic carbocycles. The van der Waals surface area contributed by atoms with Crippen LogP contribution < -0.4 is 0 Å². The van der Waals surface area contributed by atoms with Crippen LogP contribution >= 0.6 is 23.4 Å². The molecule has 0 radical (unpaired) electrons. The lowest BCUT2D eigenvalue weighted by Crippen LogP contribution is -2.38. The molecule has 2 unspecified atom stereocenters. The van der Waals surface area contributed by atoms with E-state index in [0.717, 1.165) is 23.2 Å². The molecular formula is C16H20ClNS. The van der Waals surface area contributed by atoms with Crippen LogP contribution in [0.1, 0.15) is 31.4 Å². The van der Waals surface area contributed by atoms with Gasteiger partial charge in [-0.25, -0.2) is 0 Å². The fourth-order valence-corrected chi connectivity index (χ4v) is 4.69. The van der Waals surface area contributed by atoms with E-state index >= 15 is 0 Å². The first-order valence-corrected chi connectivity index (χ1v) is 8.51. The topological polar surface area (TPSA) is 3.24 Å². The molecule has 0 aromatic heterocycles. The predicted molar refractivity (Wildman–Crippen MR) is 85.0 cm³/mol. The van der Waals surface area contributed by atoms with Crippen LogP contribution in [-0.4, -0.2) is 29.0 Å². The molecule has 0 N–H and O–H groups in total. The highest BCUT2D eigenvalue weighted by molar-refractivity contribution is 8.00. The van der Waals surface area contributed by atoms with Crippen LogP contribution in [0.25, 0.3) is 0 Å². The van der Waals surface area contributed by atoms with Crippen molar-refractivity contribution in [3.8, 4) is 0 Å². The lowest BCUT2D eigenvalue weighted by atomic mass is 9.97. The lowest BCUT2D eigenvalue weighted by molar-refractivity contribution is 0.189. The first kappa shape index (κ1) is 13.5. The zero-order valence-electron chi connectivity index (χ0n) is 11.3. The predicted octanol–water partition coefficient (Wildman–Crippen LogP) is 4.54. The molecule has 1 saturated heterocycles. The van der Waals surface area contributed by atoms with Crippen molar-refractivity contribution in [2.75, 3.05) is 18.8 Å². The largest absolute Gasteiger partial charge is 0.292 e. The summed E-state index contributed by atoms with van der Waals surface area (Å²) in [7, 11) is 0. The molecule has 0 saturated carbocycles. The Labute approximate surface area is 125 Å². The molecule has 3 rings (SSSR count). The Bertz CT molecular complexity index is 485. The van der Waals surface area contributed by atoms with E-state index in [1.807, 2.05) is 12.1 Å². The van der Waals surface area contributed by atoms with E-state index in [0.29, 0.717) is 6.04 Å². The minimum Gasteiger partial charge on any atom is -0.292 e. The monoisotopic (exact) mass is 293 g/mol. The van der Waals surface area contributed by atoms with Gasteiger partial charge in [0, 0.05) is 35.2 Å². The van der Waals surface area contributed by atoms with Crippen LogP contribution in [0.15, 0.2) is 35.9 Å². The average Bonchev–Trinajstić information content (AvgIpc) is 2.89. The highest BCUT2D eigenvalue weighted by atomic mass is 35.5. The maximum absolute atomic E-state index is 6.38. The summed E-state index contributed by atoms with van der Waals surface area (Å²) in [6, 6.07) is 8.76. The van der Waals surface area contributed by atoms with Gasteiger partial charge in [0.2, 0.25) is 0 Å². The van der Waals surface area contributed by atoms with Crippen LogP contribution in [-0.2, 0) is 0 Å². The standard InChI is InChI=1S/C16H20ClNS/c1-2-15(13-5-3-4-6-14(13)17)18-9-7-16-12(11-18)8-10-19-16/h3-6,8,15-16H,2,7,9-11H2,1H3. The zero-order valence-corrected chi connectivity index (χ0v) is 12.9. The molecule has 3 heteroatoms. The fourth-order valence-electron chi connectivity index (χ4n) is 3.23. The summed E-state index contributed by atoms with van der Waals surface area (Å²) in [5, 5.41) is 1.70. The second kappa shape index (κ2) is 5.90. The normalized spacial score (nSPS) is 24.9. The van der Waals surface area contributed by atoms with Crippen LogP contribution in [0.4, 0.5) is 0 Å².